The van der Waals surface area contributed by atoms with E-state index in [1.54, 1.807) is 55.5 Å². The number of sulfonamides is 1. The first-order chi connectivity index (χ1) is 20.8. The normalized spacial score (nSPS) is 17.4. The van der Waals surface area contributed by atoms with E-state index in [9.17, 15) is 28.2 Å². The molecule has 1 heterocycles. The van der Waals surface area contributed by atoms with Crippen LogP contribution in [0.2, 0.25) is 0 Å². The van der Waals surface area contributed by atoms with Gasteiger partial charge in [0.25, 0.3) is 5.91 Å². The van der Waals surface area contributed by atoms with E-state index in [4.69, 9.17) is 4.74 Å². The third-order valence-corrected chi connectivity index (χ3v) is 9.32. The minimum atomic E-state index is -3.95. The fourth-order valence-corrected chi connectivity index (χ4v) is 6.68. The molecule has 3 aromatic carbocycles. The number of ether oxygens (including phenoxy) is 1. The molecule has 4 atom stereocenters. The molecule has 1 aliphatic heterocycles. The topological polar surface area (TPSA) is 136 Å². The van der Waals surface area contributed by atoms with Crippen LogP contribution >= 0.6 is 0 Å². The number of hydrogen-bond acceptors (Lipinski definition) is 7. The monoisotopic (exact) mass is 623 g/mol. The van der Waals surface area contributed by atoms with Gasteiger partial charge in [-0.15, -0.1) is 0 Å². The molecule has 0 saturated carbocycles. The van der Waals surface area contributed by atoms with Crippen molar-refractivity contribution in [1.29, 1.82) is 0 Å². The lowest BCUT2D eigenvalue weighted by molar-refractivity contribution is -0.129. The molecular formula is C33H41N3O7S. The van der Waals surface area contributed by atoms with Crippen LogP contribution in [0.3, 0.4) is 0 Å². The predicted octanol–water partition coefficient (Wildman–Crippen LogP) is 3.81. The maximum absolute atomic E-state index is 13.6. The predicted molar refractivity (Wildman–Crippen MR) is 168 cm³/mol. The second-order valence-electron chi connectivity index (χ2n) is 11.7. The molecule has 0 aliphatic carbocycles. The number of amides is 2. The van der Waals surface area contributed by atoms with Crippen molar-refractivity contribution >= 4 is 27.7 Å². The Morgan fingerprint density at radius 1 is 1.00 bits per heavy atom. The van der Waals surface area contributed by atoms with Gasteiger partial charge in [-0.05, 0) is 61.6 Å². The molecule has 4 rings (SSSR count). The van der Waals surface area contributed by atoms with Crippen molar-refractivity contribution in [2.24, 2.45) is 5.92 Å². The molecule has 11 heteroatoms. The first-order valence-electron chi connectivity index (χ1n) is 14.7. The second kappa shape index (κ2) is 14.3. The molecule has 10 nitrogen and oxygen atoms in total. The molecule has 0 radical (unpaired) electrons. The minimum Gasteiger partial charge on any atom is -0.434 e. The highest BCUT2D eigenvalue weighted by Gasteiger charge is 2.39. The summed E-state index contributed by atoms with van der Waals surface area (Å²) in [5.74, 6) is -0.634. The fourth-order valence-electron chi connectivity index (χ4n) is 5.06. The first kappa shape index (κ1) is 33.1. The van der Waals surface area contributed by atoms with E-state index < -0.39 is 46.4 Å². The van der Waals surface area contributed by atoms with Gasteiger partial charge in [0.1, 0.15) is 0 Å². The number of hydrogen-bond donors (Lipinski definition) is 3. The molecule has 0 spiro atoms. The second-order valence-corrected chi connectivity index (χ2v) is 13.6. The molecule has 44 heavy (non-hydrogen) atoms. The maximum atomic E-state index is 13.6. The van der Waals surface area contributed by atoms with Gasteiger partial charge in [0.2, 0.25) is 10.0 Å². The zero-order chi connectivity index (χ0) is 32.0. The number of carbonyl (C=O) groups is 2. The molecule has 3 N–H and O–H groups in total. The van der Waals surface area contributed by atoms with Crippen molar-refractivity contribution < 1.29 is 33.0 Å². The molecule has 1 saturated heterocycles. The summed E-state index contributed by atoms with van der Waals surface area (Å²) in [5.41, 5.74) is 2.84. The van der Waals surface area contributed by atoms with Gasteiger partial charge < -0.3 is 20.3 Å². The Morgan fingerprint density at radius 2 is 1.68 bits per heavy atom. The Morgan fingerprint density at radius 3 is 2.32 bits per heavy atom. The van der Waals surface area contributed by atoms with Gasteiger partial charge in [-0.25, -0.2) is 13.2 Å². The molecule has 0 bridgehead atoms. The molecule has 3 aromatic rings. The Balaban J connectivity index is 1.54. The maximum Gasteiger partial charge on any atom is 0.415 e. The van der Waals surface area contributed by atoms with Crippen LogP contribution in [0.25, 0.3) is 0 Å². The first-order valence-corrected chi connectivity index (χ1v) is 16.1. The van der Waals surface area contributed by atoms with Gasteiger partial charge in [0, 0.05) is 18.8 Å². The third kappa shape index (κ3) is 8.23. The lowest BCUT2D eigenvalue weighted by atomic mass is 10.0. The average molecular weight is 624 g/mol. The number of anilines is 1. The van der Waals surface area contributed by atoms with Crippen LogP contribution in [0.5, 0.6) is 0 Å². The molecule has 2 amide bonds. The number of aliphatic hydroxyl groups is 2. The van der Waals surface area contributed by atoms with Crippen LogP contribution < -0.4 is 10.2 Å². The number of rotatable bonds is 13. The van der Waals surface area contributed by atoms with Crippen molar-refractivity contribution in [2.75, 3.05) is 24.5 Å². The van der Waals surface area contributed by atoms with E-state index in [2.05, 4.69) is 5.32 Å². The van der Waals surface area contributed by atoms with Gasteiger partial charge in [0.15, 0.2) is 6.10 Å². The quantitative estimate of drug-likeness (QED) is 0.263. The van der Waals surface area contributed by atoms with Crippen LogP contribution in [-0.2, 0) is 26.0 Å². The molecule has 1 aliphatic rings. The Labute approximate surface area is 259 Å². The van der Waals surface area contributed by atoms with Crippen molar-refractivity contribution in [3.05, 3.63) is 95.6 Å². The number of cyclic esters (lactones) is 1. The van der Waals surface area contributed by atoms with Gasteiger partial charge in [-0.2, -0.15) is 4.31 Å². The van der Waals surface area contributed by atoms with Crippen molar-refractivity contribution in [2.45, 2.75) is 63.4 Å². The number of nitrogens with one attached hydrogen (secondary N) is 1. The van der Waals surface area contributed by atoms with Crippen LogP contribution in [0.1, 0.15) is 43.6 Å². The molecule has 1 fully saturated rings. The van der Waals surface area contributed by atoms with Crippen LogP contribution in [0.15, 0.2) is 83.8 Å². The van der Waals surface area contributed by atoms with E-state index >= 15 is 0 Å². The summed E-state index contributed by atoms with van der Waals surface area (Å²) >= 11 is 0. The number of benzene rings is 3. The largest absolute Gasteiger partial charge is 0.434 e. The summed E-state index contributed by atoms with van der Waals surface area (Å²) in [6.45, 7) is 7.12. The number of carbonyl (C=O) groups excluding carboxylic acids is 2. The SMILES string of the molecule is Cc1ccc(S(=O)(=O)N(CC(C)C)C[C@@H](O)[C@H](Cc2ccccc2)NC(=O)[C@@H]2CN(c3cccc(C(C)O)c3)C(=O)O2)cc1. The van der Waals surface area contributed by atoms with Crippen molar-refractivity contribution in [3.63, 3.8) is 0 Å². The van der Waals surface area contributed by atoms with Crippen LogP contribution in [0, 0.1) is 12.8 Å². The minimum absolute atomic E-state index is 0.0270. The summed E-state index contributed by atoms with van der Waals surface area (Å²) in [7, 11) is -3.95. The summed E-state index contributed by atoms with van der Waals surface area (Å²) in [6.07, 6.45) is -3.67. The van der Waals surface area contributed by atoms with Gasteiger partial charge in [0.05, 0.1) is 29.7 Å². The van der Waals surface area contributed by atoms with E-state index in [0.29, 0.717) is 11.3 Å². The summed E-state index contributed by atoms with van der Waals surface area (Å²) in [6, 6.07) is 21.7. The summed E-state index contributed by atoms with van der Waals surface area (Å²) in [5, 5.41) is 24.3. The lowest BCUT2D eigenvalue weighted by Gasteiger charge is -2.31. The molecular weight excluding hydrogens is 582 g/mol. The molecule has 1 unspecified atom stereocenters. The van der Waals surface area contributed by atoms with E-state index in [0.717, 1.165) is 11.1 Å². The number of aryl methyl sites for hydroxylation is 1. The standard InChI is InChI=1S/C33H41N3O7S/c1-22(2)19-35(44(41,42)28-15-13-23(3)14-16-28)20-30(38)29(17-25-9-6-5-7-10-25)34-32(39)31-21-36(33(40)43-31)27-12-8-11-26(18-27)24(4)37/h5-16,18,22,24,29-31,37-38H,17,19-21H2,1-4H3,(H,34,39)/t24?,29-,30+,31-/m0/s1. The lowest BCUT2D eigenvalue weighted by Crippen LogP contribution is -2.53. The highest BCUT2D eigenvalue weighted by molar-refractivity contribution is 7.89. The molecule has 0 aromatic heterocycles. The number of nitrogens with zero attached hydrogens (tertiary/aromatic N) is 2. The smallest absolute Gasteiger partial charge is 0.415 e. The Bertz CT molecular complexity index is 1530. The van der Waals surface area contributed by atoms with E-state index in [-0.39, 0.29) is 36.9 Å². The average Bonchev–Trinajstić information content (AvgIpc) is 3.38. The Kier molecular flexibility index (Phi) is 10.8. The van der Waals surface area contributed by atoms with Crippen LogP contribution in [0.4, 0.5) is 10.5 Å². The van der Waals surface area contributed by atoms with Gasteiger partial charge >= 0.3 is 6.09 Å². The van der Waals surface area contributed by atoms with Gasteiger partial charge in [-0.1, -0.05) is 74.0 Å². The van der Waals surface area contributed by atoms with Crippen molar-refractivity contribution in [1.82, 2.24) is 9.62 Å². The van der Waals surface area contributed by atoms with Gasteiger partial charge in [-0.3, -0.25) is 9.69 Å². The third-order valence-electron chi connectivity index (χ3n) is 7.48. The zero-order valence-corrected chi connectivity index (χ0v) is 26.3. The Hall–Kier alpha value is -3.77. The zero-order valence-electron chi connectivity index (χ0n) is 25.5. The van der Waals surface area contributed by atoms with E-state index in [1.165, 1.54) is 9.21 Å². The molecule has 236 valence electrons. The van der Waals surface area contributed by atoms with Crippen LogP contribution in [-0.4, -0.2) is 72.8 Å². The summed E-state index contributed by atoms with van der Waals surface area (Å²) < 4.78 is 34.0. The highest BCUT2D eigenvalue weighted by atomic mass is 32.2. The van der Waals surface area contributed by atoms with Crippen molar-refractivity contribution in [3.8, 4) is 0 Å². The van der Waals surface area contributed by atoms with E-state index in [1.807, 2.05) is 51.1 Å². The number of aliphatic hydroxyl groups excluding tert-OH is 2. The summed E-state index contributed by atoms with van der Waals surface area (Å²) in [4.78, 5) is 27.6. The highest BCUT2D eigenvalue weighted by Crippen LogP contribution is 2.26. The fraction of sp³-hybridized carbons (Fsp3) is 0.394.